The molecule has 3 N–H and O–H groups in total. The SMILES string of the molecule is O=C(NCC1CC1C(=O)NC1CCC(O)CC1)c1ccc(Cl)cc1. The maximum absolute atomic E-state index is 12.2. The molecule has 1 aromatic carbocycles. The number of hydrogen-bond acceptors (Lipinski definition) is 3. The van der Waals surface area contributed by atoms with Gasteiger partial charge in [0.25, 0.3) is 5.91 Å². The fraction of sp³-hybridized carbons (Fsp3) is 0.556. The average molecular weight is 351 g/mol. The van der Waals surface area contributed by atoms with Gasteiger partial charge in [-0.3, -0.25) is 9.59 Å². The molecule has 24 heavy (non-hydrogen) atoms. The van der Waals surface area contributed by atoms with E-state index in [1.807, 2.05) is 0 Å². The van der Waals surface area contributed by atoms with Gasteiger partial charge in [0.05, 0.1) is 6.10 Å². The first-order valence-electron chi connectivity index (χ1n) is 8.55. The Balaban J connectivity index is 1.38. The van der Waals surface area contributed by atoms with Crippen LogP contribution >= 0.6 is 11.6 Å². The molecule has 2 amide bonds. The quantitative estimate of drug-likeness (QED) is 0.761. The highest BCUT2D eigenvalue weighted by Gasteiger charge is 2.43. The van der Waals surface area contributed by atoms with Crippen molar-refractivity contribution in [2.75, 3.05) is 6.54 Å². The van der Waals surface area contributed by atoms with Crippen LogP contribution in [0.1, 0.15) is 42.5 Å². The number of carbonyl (C=O) groups is 2. The monoisotopic (exact) mass is 350 g/mol. The molecule has 2 aliphatic carbocycles. The second-order valence-electron chi connectivity index (χ2n) is 6.83. The molecule has 3 rings (SSSR count). The van der Waals surface area contributed by atoms with Crippen molar-refractivity contribution in [3.05, 3.63) is 34.9 Å². The molecule has 2 atom stereocenters. The lowest BCUT2D eigenvalue weighted by Gasteiger charge is -2.26. The van der Waals surface area contributed by atoms with Gasteiger partial charge in [0.15, 0.2) is 0 Å². The van der Waals surface area contributed by atoms with Crippen LogP contribution in [0.3, 0.4) is 0 Å². The molecule has 0 spiro atoms. The summed E-state index contributed by atoms with van der Waals surface area (Å²) in [6, 6.07) is 6.93. The maximum atomic E-state index is 12.2. The first kappa shape index (κ1) is 17.2. The third-order valence-electron chi connectivity index (χ3n) is 4.93. The van der Waals surface area contributed by atoms with Gasteiger partial charge in [0.1, 0.15) is 0 Å². The fourth-order valence-corrected chi connectivity index (χ4v) is 3.38. The molecular formula is C18H23ClN2O3. The molecule has 0 bridgehead atoms. The molecule has 0 saturated heterocycles. The number of amides is 2. The van der Waals surface area contributed by atoms with Crippen molar-refractivity contribution >= 4 is 23.4 Å². The van der Waals surface area contributed by atoms with Crippen molar-refractivity contribution < 1.29 is 14.7 Å². The van der Waals surface area contributed by atoms with Crippen molar-refractivity contribution in [2.24, 2.45) is 11.8 Å². The molecule has 2 unspecified atom stereocenters. The number of aliphatic hydroxyl groups is 1. The van der Waals surface area contributed by atoms with E-state index in [9.17, 15) is 14.7 Å². The number of aliphatic hydroxyl groups excluding tert-OH is 1. The number of hydrogen-bond donors (Lipinski definition) is 3. The lowest BCUT2D eigenvalue weighted by Crippen LogP contribution is -2.40. The summed E-state index contributed by atoms with van der Waals surface area (Å²) >= 11 is 5.81. The molecule has 2 aliphatic rings. The zero-order valence-electron chi connectivity index (χ0n) is 13.5. The van der Waals surface area contributed by atoms with Gasteiger partial charge in [-0.25, -0.2) is 0 Å². The first-order valence-corrected chi connectivity index (χ1v) is 8.93. The predicted molar refractivity (Wildman–Crippen MR) is 91.8 cm³/mol. The zero-order valence-corrected chi connectivity index (χ0v) is 14.3. The van der Waals surface area contributed by atoms with Crippen molar-refractivity contribution in [3.63, 3.8) is 0 Å². The van der Waals surface area contributed by atoms with Gasteiger partial charge in [0.2, 0.25) is 5.91 Å². The summed E-state index contributed by atoms with van der Waals surface area (Å²) in [5.41, 5.74) is 0.571. The largest absolute Gasteiger partial charge is 0.393 e. The van der Waals surface area contributed by atoms with Crippen LogP contribution in [0.25, 0.3) is 0 Å². The minimum atomic E-state index is -0.213. The van der Waals surface area contributed by atoms with Crippen LogP contribution in [0.5, 0.6) is 0 Å². The summed E-state index contributed by atoms with van der Waals surface area (Å²) in [4.78, 5) is 24.3. The van der Waals surface area contributed by atoms with Gasteiger partial charge in [0, 0.05) is 29.1 Å². The van der Waals surface area contributed by atoms with E-state index in [1.165, 1.54) is 0 Å². The van der Waals surface area contributed by atoms with Crippen LogP contribution in [0.4, 0.5) is 0 Å². The predicted octanol–water partition coefficient (Wildman–Crippen LogP) is 2.13. The van der Waals surface area contributed by atoms with Crippen LogP contribution in [0.15, 0.2) is 24.3 Å². The lowest BCUT2D eigenvalue weighted by molar-refractivity contribution is -0.123. The van der Waals surface area contributed by atoms with E-state index >= 15 is 0 Å². The van der Waals surface area contributed by atoms with Crippen molar-refractivity contribution in [3.8, 4) is 0 Å². The number of nitrogens with one attached hydrogen (secondary N) is 2. The Morgan fingerprint density at radius 3 is 2.46 bits per heavy atom. The van der Waals surface area contributed by atoms with Gasteiger partial charge in [-0.05, 0) is 62.3 Å². The highest BCUT2D eigenvalue weighted by Crippen LogP contribution is 2.38. The van der Waals surface area contributed by atoms with Crippen LogP contribution in [0, 0.1) is 11.8 Å². The number of rotatable bonds is 5. The van der Waals surface area contributed by atoms with E-state index in [0.29, 0.717) is 17.1 Å². The second-order valence-corrected chi connectivity index (χ2v) is 7.27. The summed E-state index contributed by atoms with van der Waals surface area (Å²) in [6.45, 7) is 0.517. The lowest BCUT2D eigenvalue weighted by atomic mass is 9.93. The molecule has 0 heterocycles. The topological polar surface area (TPSA) is 78.4 Å². The molecule has 0 radical (unpaired) electrons. The summed E-state index contributed by atoms with van der Waals surface area (Å²) in [5.74, 6) is 0.166. The minimum absolute atomic E-state index is 0.00219. The zero-order chi connectivity index (χ0) is 17.1. The van der Waals surface area contributed by atoms with Crippen LogP contribution in [0.2, 0.25) is 5.02 Å². The average Bonchev–Trinajstić information content (AvgIpc) is 3.35. The van der Waals surface area contributed by atoms with Crippen molar-refractivity contribution in [2.45, 2.75) is 44.2 Å². The summed E-state index contributed by atoms with van der Waals surface area (Å²) < 4.78 is 0. The van der Waals surface area contributed by atoms with Gasteiger partial charge >= 0.3 is 0 Å². The van der Waals surface area contributed by atoms with Crippen molar-refractivity contribution in [1.82, 2.24) is 10.6 Å². The van der Waals surface area contributed by atoms with Crippen LogP contribution in [-0.2, 0) is 4.79 Å². The standard InChI is InChI=1S/C18H23ClN2O3/c19-13-3-1-11(2-4-13)17(23)20-10-12-9-16(12)18(24)21-14-5-7-15(22)8-6-14/h1-4,12,14-16,22H,5-10H2,(H,20,23)(H,21,24). The van der Waals surface area contributed by atoms with Gasteiger partial charge in [-0.15, -0.1) is 0 Å². The molecule has 5 nitrogen and oxygen atoms in total. The highest BCUT2D eigenvalue weighted by molar-refractivity contribution is 6.30. The Morgan fingerprint density at radius 1 is 1.12 bits per heavy atom. The van der Waals surface area contributed by atoms with Gasteiger partial charge in [-0.1, -0.05) is 11.6 Å². The van der Waals surface area contributed by atoms with Crippen LogP contribution in [-0.4, -0.2) is 35.6 Å². The number of benzene rings is 1. The number of halogens is 1. The van der Waals surface area contributed by atoms with Crippen LogP contribution < -0.4 is 10.6 Å². The van der Waals surface area contributed by atoms with E-state index in [4.69, 9.17) is 11.6 Å². The first-order chi connectivity index (χ1) is 11.5. The molecule has 0 aromatic heterocycles. The molecular weight excluding hydrogens is 328 g/mol. The highest BCUT2D eigenvalue weighted by atomic mass is 35.5. The summed E-state index contributed by atoms with van der Waals surface area (Å²) in [6.07, 6.45) is 3.82. The van der Waals surface area contributed by atoms with E-state index in [1.54, 1.807) is 24.3 Å². The minimum Gasteiger partial charge on any atom is -0.393 e. The molecule has 0 aliphatic heterocycles. The van der Waals surface area contributed by atoms with Crippen molar-refractivity contribution in [1.29, 1.82) is 0 Å². The molecule has 6 heteroatoms. The Labute approximate surface area is 146 Å². The fourth-order valence-electron chi connectivity index (χ4n) is 3.25. The second kappa shape index (κ2) is 7.53. The van der Waals surface area contributed by atoms with E-state index < -0.39 is 0 Å². The smallest absolute Gasteiger partial charge is 0.251 e. The summed E-state index contributed by atoms with van der Waals surface area (Å²) in [5, 5.41) is 16.1. The van der Waals surface area contributed by atoms with Gasteiger partial charge in [-0.2, -0.15) is 0 Å². The Kier molecular flexibility index (Phi) is 5.41. The number of carbonyl (C=O) groups excluding carboxylic acids is 2. The third kappa shape index (κ3) is 4.48. The van der Waals surface area contributed by atoms with E-state index in [2.05, 4.69) is 10.6 Å². The van der Waals surface area contributed by atoms with E-state index in [-0.39, 0.29) is 35.8 Å². The Morgan fingerprint density at radius 2 is 1.79 bits per heavy atom. The molecule has 2 fully saturated rings. The molecule has 2 saturated carbocycles. The third-order valence-corrected chi connectivity index (χ3v) is 5.19. The van der Waals surface area contributed by atoms with Gasteiger partial charge < -0.3 is 15.7 Å². The van der Waals surface area contributed by atoms with E-state index in [0.717, 1.165) is 32.1 Å². The Bertz CT molecular complexity index is 597. The normalized spacial score (nSPS) is 28.9. The summed E-state index contributed by atoms with van der Waals surface area (Å²) in [7, 11) is 0. The Hall–Kier alpha value is -1.59. The molecule has 130 valence electrons. The maximum Gasteiger partial charge on any atom is 0.251 e. The molecule has 1 aromatic rings.